The van der Waals surface area contributed by atoms with Gasteiger partial charge in [-0.15, -0.1) is 11.3 Å². The van der Waals surface area contributed by atoms with Crippen LogP contribution in [0, 0.1) is 6.92 Å². The molecule has 0 saturated carbocycles. The van der Waals surface area contributed by atoms with E-state index in [1.165, 1.54) is 7.11 Å². The van der Waals surface area contributed by atoms with E-state index in [9.17, 15) is 9.59 Å². The maximum Gasteiger partial charge on any atom is 0.228 e. The summed E-state index contributed by atoms with van der Waals surface area (Å²) in [5.41, 5.74) is 2.18. The van der Waals surface area contributed by atoms with Crippen LogP contribution in [0.5, 0.6) is 5.75 Å². The van der Waals surface area contributed by atoms with Gasteiger partial charge in [0.25, 0.3) is 0 Å². The van der Waals surface area contributed by atoms with E-state index in [2.05, 4.69) is 15.6 Å². The first-order valence-electron chi connectivity index (χ1n) is 7.24. The third-order valence-electron chi connectivity index (χ3n) is 3.73. The van der Waals surface area contributed by atoms with E-state index in [0.717, 1.165) is 16.3 Å². The Morgan fingerprint density at radius 3 is 3.04 bits per heavy atom. The maximum atomic E-state index is 12.5. The quantitative estimate of drug-likeness (QED) is 0.900. The first-order chi connectivity index (χ1) is 11.1. The van der Waals surface area contributed by atoms with Crippen LogP contribution in [0.3, 0.4) is 0 Å². The number of anilines is 1. The van der Waals surface area contributed by atoms with Crippen molar-refractivity contribution in [3.8, 4) is 5.75 Å². The van der Waals surface area contributed by atoms with E-state index in [-0.39, 0.29) is 18.2 Å². The lowest BCUT2D eigenvalue weighted by Crippen LogP contribution is -2.35. The monoisotopic (exact) mass is 331 g/mol. The summed E-state index contributed by atoms with van der Waals surface area (Å²) in [6, 6.07) is 5.42. The Kier molecular flexibility index (Phi) is 4.29. The highest BCUT2D eigenvalue weighted by atomic mass is 32.1. The molecule has 0 aliphatic carbocycles. The standard InChI is InChI=1S/C16H17N3O3S/c1-9-18-10(8-23-9)7-17-16(21)12-6-14(20)19-15-11(12)4-3-5-13(15)22-2/h3-5,8,12H,6-7H2,1-2H3,(H,17,21)(H,19,20)/t12-/m1/s1. The number of amides is 2. The second-order valence-corrected chi connectivity index (χ2v) is 6.37. The molecule has 0 radical (unpaired) electrons. The normalized spacial score (nSPS) is 16.4. The number of fused-ring (bicyclic) bond motifs is 1. The van der Waals surface area contributed by atoms with Gasteiger partial charge in [-0.3, -0.25) is 9.59 Å². The van der Waals surface area contributed by atoms with Crippen LogP contribution in [-0.2, 0) is 16.1 Å². The molecule has 2 aromatic rings. The molecule has 1 aromatic heterocycles. The van der Waals surface area contributed by atoms with Crippen LogP contribution in [0.1, 0.15) is 28.6 Å². The van der Waals surface area contributed by atoms with Gasteiger partial charge in [-0.1, -0.05) is 12.1 Å². The van der Waals surface area contributed by atoms with Crippen molar-refractivity contribution in [2.24, 2.45) is 0 Å². The van der Waals surface area contributed by atoms with Crippen molar-refractivity contribution in [3.05, 3.63) is 39.8 Å². The number of aromatic nitrogens is 1. The molecule has 1 aromatic carbocycles. The van der Waals surface area contributed by atoms with Crippen LogP contribution in [0.25, 0.3) is 0 Å². The van der Waals surface area contributed by atoms with Gasteiger partial charge in [0.1, 0.15) is 5.75 Å². The summed E-state index contributed by atoms with van der Waals surface area (Å²) in [6.07, 6.45) is 0.127. The molecule has 0 saturated heterocycles. The van der Waals surface area contributed by atoms with Gasteiger partial charge in [0.2, 0.25) is 11.8 Å². The molecule has 120 valence electrons. The number of carbonyl (C=O) groups excluding carboxylic acids is 2. The summed E-state index contributed by atoms with van der Waals surface area (Å²) in [7, 11) is 1.54. The van der Waals surface area contributed by atoms with Gasteiger partial charge in [-0.2, -0.15) is 0 Å². The molecule has 0 unspecified atom stereocenters. The van der Waals surface area contributed by atoms with Gasteiger partial charge in [0.05, 0.1) is 36.0 Å². The summed E-state index contributed by atoms with van der Waals surface area (Å²) >= 11 is 1.54. The zero-order chi connectivity index (χ0) is 16.4. The number of methoxy groups -OCH3 is 1. The SMILES string of the molecule is COc1cccc2c1NC(=O)C[C@H]2C(=O)NCc1csc(C)n1. The minimum atomic E-state index is -0.520. The molecule has 1 aliphatic rings. The fourth-order valence-electron chi connectivity index (χ4n) is 2.65. The Balaban J connectivity index is 1.80. The molecule has 7 heteroatoms. The number of hydrogen-bond donors (Lipinski definition) is 2. The van der Waals surface area contributed by atoms with Gasteiger partial charge in [0, 0.05) is 11.8 Å². The third-order valence-corrected chi connectivity index (χ3v) is 4.56. The van der Waals surface area contributed by atoms with Gasteiger partial charge >= 0.3 is 0 Å². The molecule has 0 spiro atoms. The number of nitrogens with zero attached hydrogens (tertiary/aromatic N) is 1. The number of hydrogen-bond acceptors (Lipinski definition) is 5. The van der Waals surface area contributed by atoms with E-state index in [1.807, 2.05) is 24.4 Å². The van der Waals surface area contributed by atoms with E-state index in [4.69, 9.17) is 4.74 Å². The second-order valence-electron chi connectivity index (χ2n) is 5.31. The lowest BCUT2D eigenvalue weighted by atomic mass is 9.89. The topological polar surface area (TPSA) is 80.3 Å². The van der Waals surface area contributed by atoms with Gasteiger partial charge in [0.15, 0.2) is 0 Å². The lowest BCUT2D eigenvalue weighted by molar-refractivity contribution is -0.126. The molecule has 1 aliphatic heterocycles. The minimum absolute atomic E-state index is 0.127. The average Bonchev–Trinajstić information content (AvgIpc) is 2.96. The molecule has 23 heavy (non-hydrogen) atoms. The zero-order valence-electron chi connectivity index (χ0n) is 12.9. The van der Waals surface area contributed by atoms with Crippen molar-refractivity contribution >= 4 is 28.8 Å². The fourth-order valence-corrected chi connectivity index (χ4v) is 3.26. The predicted octanol–water partition coefficient (Wildman–Crippen LogP) is 2.20. The predicted molar refractivity (Wildman–Crippen MR) is 87.7 cm³/mol. The van der Waals surface area contributed by atoms with Crippen molar-refractivity contribution in [1.82, 2.24) is 10.3 Å². The number of benzene rings is 1. The highest BCUT2D eigenvalue weighted by Crippen LogP contribution is 2.38. The Hall–Kier alpha value is -2.41. The van der Waals surface area contributed by atoms with E-state index < -0.39 is 5.92 Å². The van der Waals surface area contributed by atoms with Crippen LogP contribution < -0.4 is 15.4 Å². The smallest absolute Gasteiger partial charge is 0.228 e. The van der Waals surface area contributed by atoms with E-state index >= 15 is 0 Å². The highest BCUT2D eigenvalue weighted by molar-refractivity contribution is 7.09. The van der Waals surface area contributed by atoms with Crippen molar-refractivity contribution < 1.29 is 14.3 Å². The average molecular weight is 331 g/mol. The number of ether oxygens (including phenoxy) is 1. The largest absolute Gasteiger partial charge is 0.495 e. The molecule has 2 N–H and O–H groups in total. The molecule has 2 heterocycles. The Morgan fingerprint density at radius 2 is 2.35 bits per heavy atom. The minimum Gasteiger partial charge on any atom is -0.495 e. The zero-order valence-corrected chi connectivity index (χ0v) is 13.7. The van der Waals surface area contributed by atoms with Crippen LogP contribution in [0.2, 0.25) is 0 Å². The third kappa shape index (κ3) is 3.19. The van der Waals surface area contributed by atoms with Gasteiger partial charge in [-0.25, -0.2) is 4.98 Å². The molecular formula is C16H17N3O3S. The van der Waals surface area contributed by atoms with Crippen molar-refractivity contribution in [2.45, 2.75) is 25.8 Å². The molecule has 1 atom stereocenters. The van der Waals surface area contributed by atoms with Crippen LogP contribution in [-0.4, -0.2) is 23.9 Å². The number of aryl methyl sites for hydroxylation is 1. The number of para-hydroxylation sites is 1. The van der Waals surface area contributed by atoms with Gasteiger partial charge < -0.3 is 15.4 Å². The van der Waals surface area contributed by atoms with Crippen molar-refractivity contribution in [2.75, 3.05) is 12.4 Å². The number of carbonyl (C=O) groups is 2. The number of nitrogens with one attached hydrogen (secondary N) is 2. The summed E-state index contributed by atoms with van der Waals surface area (Å²) in [5, 5.41) is 8.53. The van der Waals surface area contributed by atoms with Crippen molar-refractivity contribution in [3.63, 3.8) is 0 Å². The molecule has 3 rings (SSSR count). The van der Waals surface area contributed by atoms with Crippen LogP contribution >= 0.6 is 11.3 Å². The molecule has 0 bridgehead atoms. The first kappa shape index (κ1) is 15.5. The maximum absolute atomic E-state index is 12.5. The molecular weight excluding hydrogens is 314 g/mol. The highest BCUT2D eigenvalue weighted by Gasteiger charge is 2.32. The second kappa shape index (κ2) is 6.37. The summed E-state index contributed by atoms with van der Waals surface area (Å²) < 4.78 is 5.27. The lowest BCUT2D eigenvalue weighted by Gasteiger charge is -2.26. The first-order valence-corrected chi connectivity index (χ1v) is 8.12. The molecule has 2 amide bonds. The molecule has 0 fully saturated rings. The van der Waals surface area contributed by atoms with Gasteiger partial charge in [-0.05, 0) is 18.6 Å². The summed E-state index contributed by atoms with van der Waals surface area (Å²) in [6.45, 7) is 2.28. The summed E-state index contributed by atoms with van der Waals surface area (Å²) in [4.78, 5) is 28.8. The summed E-state index contributed by atoms with van der Waals surface area (Å²) in [5.74, 6) is -0.330. The molecule has 6 nitrogen and oxygen atoms in total. The van der Waals surface area contributed by atoms with Crippen LogP contribution in [0.15, 0.2) is 23.6 Å². The van der Waals surface area contributed by atoms with Crippen LogP contribution in [0.4, 0.5) is 5.69 Å². The van der Waals surface area contributed by atoms with E-state index in [0.29, 0.717) is 18.0 Å². The fraction of sp³-hybridized carbons (Fsp3) is 0.312. The Bertz CT molecular complexity index is 757. The number of rotatable bonds is 4. The van der Waals surface area contributed by atoms with Crippen molar-refractivity contribution in [1.29, 1.82) is 0 Å². The van der Waals surface area contributed by atoms with E-state index in [1.54, 1.807) is 17.4 Å². The Morgan fingerprint density at radius 1 is 1.52 bits per heavy atom. The Labute approximate surface area is 137 Å². The number of thiazole rings is 1.